The first-order valence-electron chi connectivity index (χ1n) is 13.3. The van der Waals surface area contributed by atoms with Crippen molar-refractivity contribution in [1.82, 2.24) is 30.1 Å². The number of tetrazole rings is 1. The maximum Gasteiger partial charge on any atom is 0.253 e. The van der Waals surface area contributed by atoms with Crippen molar-refractivity contribution in [1.29, 1.82) is 0 Å². The van der Waals surface area contributed by atoms with E-state index in [-0.39, 0.29) is 17.6 Å². The molecule has 2 aromatic heterocycles. The van der Waals surface area contributed by atoms with Crippen molar-refractivity contribution >= 4 is 16.6 Å². The van der Waals surface area contributed by atoms with Crippen LogP contribution in [-0.2, 0) is 0 Å². The number of aromatic amines is 1. The predicted molar refractivity (Wildman–Crippen MR) is 143 cm³/mol. The Kier molecular flexibility index (Phi) is 6.61. The monoisotopic (exact) mass is 499 g/mol. The van der Waals surface area contributed by atoms with E-state index < -0.39 is 0 Å². The zero-order chi connectivity index (χ0) is 25.2. The van der Waals surface area contributed by atoms with Gasteiger partial charge in [-0.25, -0.2) is 4.68 Å². The molecule has 1 saturated carbocycles. The van der Waals surface area contributed by atoms with Crippen LogP contribution in [0.25, 0.3) is 10.9 Å². The number of benzene rings is 2. The molecule has 1 atom stereocenters. The van der Waals surface area contributed by atoms with Gasteiger partial charge in [0.15, 0.2) is 5.82 Å². The van der Waals surface area contributed by atoms with Crippen molar-refractivity contribution in [2.24, 2.45) is 0 Å². The number of nitrogens with one attached hydrogen (secondary N) is 1. The number of rotatable bonds is 7. The molecule has 2 aromatic carbocycles. The van der Waals surface area contributed by atoms with Crippen LogP contribution < -0.4 is 15.2 Å². The molecule has 9 heteroatoms. The molecule has 4 aromatic rings. The summed E-state index contributed by atoms with van der Waals surface area (Å²) in [5.74, 6) is 1.54. The highest BCUT2D eigenvalue weighted by molar-refractivity contribution is 5.80. The highest BCUT2D eigenvalue weighted by Crippen LogP contribution is 2.34. The molecule has 1 aliphatic carbocycles. The molecule has 2 fully saturated rings. The van der Waals surface area contributed by atoms with Crippen LogP contribution in [0.15, 0.2) is 59.4 Å². The maximum absolute atomic E-state index is 13.5. The van der Waals surface area contributed by atoms with Crippen molar-refractivity contribution in [3.05, 3.63) is 76.3 Å². The van der Waals surface area contributed by atoms with E-state index in [1.807, 2.05) is 41.9 Å². The lowest BCUT2D eigenvalue weighted by atomic mass is 10.0. The van der Waals surface area contributed by atoms with Gasteiger partial charge in [-0.15, -0.1) is 5.10 Å². The third-order valence-corrected chi connectivity index (χ3v) is 7.68. The second kappa shape index (κ2) is 10.3. The number of para-hydroxylation sites is 1. The average molecular weight is 500 g/mol. The SMILES string of the molecule is CCOc1ccc2[nH]c(=O)c([C@H](c3nnnn3C3CCCC3)N3CCN(c4ccccc4)CC3)cc2c1. The predicted octanol–water partition coefficient (Wildman–Crippen LogP) is 3.94. The fourth-order valence-corrected chi connectivity index (χ4v) is 5.83. The Morgan fingerprint density at radius 3 is 2.57 bits per heavy atom. The minimum atomic E-state index is -0.336. The van der Waals surface area contributed by atoms with Gasteiger partial charge < -0.3 is 14.6 Å². The Balaban J connectivity index is 1.40. The van der Waals surface area contributed by atoms with Gasteiger partial charge >= 0.3 is 0 Å². The second-order valence-corrected chi connectivity index (χ2v) is 9.92. The first kappa shape index (κ1) is 23.7. The number of anilines is 1. The number of hydrogen-bond acceptors (Lipinski definition) is 7. The van der Waals surface area contributed by atoms with E-state index in [1.165, 1.54) is 18.5 Å². The molecule has 3 heterocycles. The van der Waals surface area contributed by atoms with Gasteiger partial charge in [0.1, 0.15) is 11.8 Å². The van der Waals surface area contributed by atoms with E-state index in [4.69, 9.17) is 4.74 Å². The Hall–Kier alpha value is -3.72. The van der Waals surface area contributed by atoms with Crippen molar-refractivity contribution in [2.75, 3.05) is 37.7 Å². The highest BCUT2D eigenvalue weighted by atomic mass is 16.5. The normalized spacial score (nSPS) is 17.9. The fraction of sp³-hybridized carbons (Fsp3) is 0.429. The topological polar surface area (TPSA) is 92.2 Å². The molecule has 0 unspecified atom stereocenters. The second-order valence-electron chi connectivity index (χ2n) is 9.92. The average Bonchev–Trinajstić information content (AvgIpc) is 3.63. The van der Waals surface area contributed by atoms with Gasteiger partial charge in [0.2, 0.25) is 0 Å². The molecule has 2 aliphatic rings. The first-order valence-corrected chi connectivity index (χ1v) is 13.3. The zero-order valence-electron chi connectivity index (χ0n) is 21.2. The molecule has 37 heavy (non-hydrogen) atoms. The van der Waals surface area contributed by atoms with Crippen molar-refractivity contribution in [3.8, 4) is 5.75 Å². The standard InChI is InChI=1S/C28H33N7O2/c1-2-37-23-12-13-25-20(18-23)19-24(28(36)29-25)26(27-30-31-32-35(27)22-10-6-7-11-22)34-16-14-33(15-17-34)21-8-4-3-5-9-21/h3-5,8-9,12-13,18-19,22,26H,2,6-7,10-11,14-17H2,1H3,(H,29,36)/t26-/m1/s1. The van der Waals surface area contributed by atoms with Gasteiger partial charge in [0, 0.05) is 48.3 Å². The van der Waals surface area contributed by atoms with Crippen LogP contribution in [0.5, 0.6) is 5.75 Å². The Labute approximate surface area is 216 Å². The molecule has 1 N–H and O–H groups in total. The summed E-state index contributed by atoms with van der Waals surface area (Å²) in [6.07, 6.45) is 4.50. The smallest absolute Gasteiger partial charge is 0.253 e. The maximum atomic E-state index is 13.5. The van der Waals surface area contributed by atoms with E-state index in [1.54, 1.807) is 0 Å². The summed E-state index contributed by atoms with van der Waals surface area (Å²) in [7, 11) is 0. The number of piperazine rings is 1. The third kappa shape index (κ3) is 4.71. The van der Waals surface area contributed by atoms with E-state index in [9.17, 15) is 4.79 Å². The summed E-state index contributed by atoms with van der Waals surface area (Å²) in [4.78, 5) is 21.4. The number of pyridine rings is 1. The van der Waals surface area contributed by atoms with Gasteiger partial charge in [-0.3, -0.25) is 9.69 Å². The lowest BCUT2D eigenvalue weighted by Crippen LogP contribution is -2.49. The Bertz CT molecular complexity index is 1400. The number of aromatic nitrogens is 5. The summed E-state index contributed by atoms with van der Waals surface area (Å²) in [5.41, 5.74) is 2.58. The summed E-state index contributed by atoms with van der Waals surface area (Å²) < 4.78 is 7.72. The molecule has 0 bridgehead atoms. The summed E-state index contributed by atoms with van der Waals surface area (Å²) in [5, 5.41) is 14.0. The summed E-state index contributed by atoms with van der Waals surface area (Å²) >= 11 is 0. The fourth-order valence-electron chi connectivity index (χ4n) is 5.83. The Morgan fingerprint density at radius 1 is 1.03 bits per heavy atom. The lowest BCUT2D eigenvalue weighted by Gasteiger charge is -2.39. The quantitative estimate of drug-likeness (QED) is 0.412. The minimum absolute atomic E-state index is 0.104. The van der Waals surface area contributed by atoms with Gasteiger partial charge in [0.25, 0.3) is 5.56 Å². The first-order chi connectivity index (χ1) is 18.2. The van der Waals surface area contributed by atoms with E-state index in [0.29, 0.717) is 12.2 Å². The van der Waals surface area contributed by atoms with E-state index in [2.05, 4.69) is 54.6 Å². The molecule has 0 spiro atoms. The third-order valence-electron chi connectivity index (χ3n) is 7.68. The van der Waals surface area contributed by atoms with Gasteiger partial charge in [-0.05, 0) is 66.6 Å². The molecule has 0 radical (unpaired) electrons. The summed E-state index contributed by atoms with van der Waals surface area (Å²) in [6.45, 7) is 5.89. The van der Waals surface area contributed by atoms with Crippen LogP contribution in [0, 0.1) is 0 Å². The number of nitrogens with zero attached hydrogens (tertiary/aromatic N) is 6. The van der Waals surface area contributed by atoms with Crippen molar-refractivity contribution in [2.45, 2.75) is 44.7 Å². The molecule has 0 amide bonds. The number of fused-ring (bicyclic) bond motifs is 1. The van der Waals surface area contributed by atoms with E-state index in [0.717, 1.165) is 61.5 Å². The number of ether oxygens (including phenoxy) is 1. The van der Waals surface area contributed by atoms with Gasteiger partial charge in [-0.1, -0.05) is 31.0 Å². The highest BCUT2D eigenvalue weighted by Gasteiger charge is 2.34. The van der Waals surface area contributed by atoms with Gasteiger partial charge in [0.05, 0.1) is 12.6 Å². The largest absolute Gasteiger partial charge is 0.494 e. The summed E-state index contributed by atoms with van der Waals surface area (Å²) in [6, 6.07) is 18.2. The minimum Gasteiger partial charge on any atom is -0.494 e. The van der Waals surface area contributed by atoms with Crippen LogP contribution in [0.4, 0.5) is 5.69 Å². The van der Waals surface area contributed by atoms with Crippen molar-refractivity contribution < 1.29 is 4.74 Å². The van der Waals surface area contributed by atoms with Crippen LogP contribution in [0.3, 0.4) is 0 Å². The van der Waals surface area contributed by atoms with Crippen LogP contribution in [-0.4, -0.2) is 62.9 Å². The van der Waals surface area contributed by atoms with Crippen LogP contribution in [0.2, 0.25) is 0 Å². The van der Waals surface area contributed by atoms with Gasteiger partial charge in [-0.2, -0.15) is 0 Å². The molecule has 192 valence electrons. The molecular formula is C28H33N7O2. The van der Waals surface area contributed by atoms with E-state index >= 15 is 0 Å². The molecule has 9 nitrogen and oxygen atoms in total. The van der Waals surface area contributed by atoms with Crippen LogP contribution in [0.1, 0.15) is 56.1 Å². The molecule has 1 aliphatic heterocycles. The lowest BCUT2D eigenvalue weighted by molar-refractivity contribution is 0.197. The molecular weight excluding hydrogens is 466 g/mol. The van der Waals surface area contributed by atoms with Crippen molar-refractivity contribution in [3.63, 3.8) is 0 Å². The number of hydrogen-bond donors (Lipinski definition) is 1. The molecule has 6 rings (SSSR count). The Morgan fingerprint density at radius 2 is 1.81 bits per heavy atom. The molecule has 1 saturated heterocycles. The number of H-pyrrole nitrogens is 1. The van der Waals surface area contributed by atoms with Crippen LogP contribution >= 0.6 is 0 Å². The zero-order valence-corrected chi connectivity index (χ0v) is 21.2.